The lowest BCUT2D eigenvalue weighted by Crippen LogP contribution is -2.44. The van der Waals surface area contributed by atoms with Crippen LogP contribution in [0.4, 0.5) is 5.95 Å². The number of nitrogens with one attached hydrogen (secondary N) is 4. The fourth-order valence-electron chi connectivity index (χ4n) is 8.07. The number of carbonyl (C=O) groups is 2. The largest absolute Gasteiger partial charge is 0.468 e. The van der Waals surface area contributed by atoms with E-state index in [1.165, 1.54) is 19.1 Å². The second-order valence-corrected chi connectivity index (χ2v) is 18.3. The smallest absolute Gasteiger partial charge is 0.325 e. The van der Waals surface area contributed by atoms with Gasteiger partial charge in [0.1, 0.15) is 11.6 Å². The van der Waals surface area contributed by atoms with E-state index in [9.17, 15) is 18.0 Å². The first-order valence-electron chi connectivity index (χ1n) is 22.0. The number of sulfonamides is 1. The highest BCUT2D eigenvalue weighted by atomic mass is 32.2. The molecule has 0 aliphatic heterocycles. The van der Waals surface area contributed by atoms with Gasteiger partial charge in [-0.2, -0.15) is 5.10 Å². The van der Waals surface area contributed by atoms with Crippen molar-refractivity contribution in [3.8, 4) is 11.1 Å². The van der Waals surface area contributed by atoms with E-state index in [-0.39, 0.29) is 30.4 Å². The summed E-state index contributed by atoms with van der Waals surface area (Å²) in [6.07, 6.45) is 6.37. The number of benzene rings is 6. The number of ether oxygens (including phenoxy) is 1. The fraction of sp³-hybridized carbons (Fsp3) is 0.176. The number of amides is 1. The molecular formula is C51H51N9O7S2. The van der Waals surface area contributed by atoms with E-state index in [0.717, 1.165) is 56.0 Å². The van der Waals surface area contributed by atoms with Crippen molar-refractivity contribution in [3.05, 3.63) is 208 Å². The minimum atomic E-state index is -3.63. The van der Waals surface area contributed by atoms with Gasteiger partial charge in [0.2, 0.25) is 16.0 Å². The lowest BCUT2D eigenvalue weighted by Gasteiger charge is -2.38. The van der Waals surface area contributed by atoms with Gasteiger partial charge in [-0.1, -0.05) is 115 Å². The van der Waals surface area contributed by atoms with Crippen molar-refractivity contribution in [2.45, 2.75) is 34.3 Å². The third-order valence-corrected chi connectivity index (χ3v) is 13.8. The molecule has 0 unspecified atom stereocenters. The molecule has 1 atom stereocenters. The predicted molar refractivity (Wildman–Crippen MR) is 270 cm³/mol. The Bertz CT molecular complexity index is 2930. The first-order chi connectivity index (χ1) is 33.7. The predicted octanol–water partition coefficient (Wildman–Crippen LogP) is 7.11. The van der Waals surface area contributed by atoms with Crippen LogP contribution in [0.25, 0.3) is 22.0 Å². The topological polar surface area (TPSA) is 221 Å². The molecule has 6 N–H and O–H groups in total. The number of esters is 1. The summed E-state index contributed by atoms with van der Waals surface area (Å²) >= 11 is 1.23. The van der Waals surface area contributed by atoms with Gasteiger partial charge in [-0.05, 0) is 88.7 Å². The molecule has 0 aliphatic carbocycles. The molecule has 0 aliphatic rings. The van der Waals surface area contributed by atoms with Gasteiger partial charge in [-0.3, -0.25) is 18.8 Å². The van der Waals surface area contributed by atoms with Gasteiger partial charge in [0.25, 0.3) is 5.91 Å². The summed E-state index contributed by atoms with van der Waals surface area (Å²) in [5.74, 6) is -0.131. The Balaban J connectivity index is 0.00000347. The van der Waals surface area contributed by atoms with Crippen LogP contribution >= 0.6 is 11.9 Å². The Morgan fingerprint density at radius 2 is 1.38 bits per heavy atom. The second kappa shape index (κ2) is 23.5. The summed E-state index contributed by atoms with van der Waals surface area (Å²) in [5, 5.41) is 11.9. The maximum atomic E-state index is 13.4. The number of methoxy groups -OCH3 is 1. The van der Waals surface area contributed by atoms with Crippen molar-refractivity contribution in [3.63, 3.8) is 0 Å². The molecule has 354 valence electrons. The van der Waals surface area contributed by atoms with Gasteiger partial charge in [-0.25, -0.2) is 22.8 Å². The highest BCUT2D eigenvalue weighted by Crippen LogP contribution is 2.42. The Morgan fingerprint density at radius 3 is 1.96 bits per heavy atom. The summed E-state index contributed by atoms with van der Waals surface area (Å²) in [7, 11) is -2.33. The zero-order valence-corrected chi connectivity index (χ0v) is 39.2. The lowest BCUT2D eigenvalue weighted by atomic mass is 9.76. The molecule has 8 aromatic rings. The summed E-state index contributed by atoms with van der Waals surface area (Å²) in [5.41, 5.74) is 11.1. The van der Waals surface area contributed by atoms with Crippen molar-refractivity contribution < 1.29 is 22.7 Å². The Kier molecular flexibility index (Phi) is 16.8. The van der Waals surface area contributed by atoms with Crippen molar-refractivity contribution >= 4 is 50.7 Å². The van der Waals surface area contributed by atoms with Gasteiger partial charge in [0.05, 0.1) is 23.7 Å². The lowest BCUT2D eigenvalue weighted by molar-refractivity contribution is -0.142. The number of fused-ring (bicyclic) bond motifs is 1. The zero-order chi connectivity index (χ0) is 48.6. The number of anilines is 1. The number of rotatable bonds is 21. The van der Waals surface area contributed by atoms with Gasteiger partial charge in [-0.15, -0.1) is 0 Å². The molecule has 69 heavy (non-hydrogen) atoms. The van der Waals surface area contributed by atoms with E-state index in [0.29, 0.717) is 18.7 Å². The number of hydrogen-bond donors (Lipinski definition) is 5. The molecule has 18 heteroatoms. The first kappa shape index (κ1) is 49.4. The van der Waals surface area contributed by atoms with Crippen LogP contribution in [0.2, 0.25) is 0 Å². The molecular weight excluding hydrogens is 915 g/mol. The Labute approximate surface area is 404 Å². The number of hydrogen-bond acceptors (Lipinski definition) is 13. The van der Waals surface area contributed by atoms with Crippen molar-refractivity contribution in [1.82, 2.24) is 34.1 Å². The normalized spacial score (nSPS) is 11.9. The quantitative estimate of drug-likeness (QED) is 0.0210. The molecule has 0 radical (unpaired) electrons. The molecule has 0 saturated heterocycles. The average molecular weight is 966 g/mol. The second-order valence-electron chi connectivity index (χ2n) is 15.6. The van der Waals surface area contributed by atoms with Crippen molar-refractivity contribution in [1.29, 1.82) is 0 Å². The molecule has 1 amide bonds. The molecule has 0 saturated carbocycles. The van der Waals surface area contributed by atoms with Crippen molar-refractivity contribution in [2.75, 3.05) is 38.6 Å². The van der Waals surface area contributed by atoms with Crippen LogP contribution < -0.4 is 25.8 Å². The Morgan fingerprint density at radius 1 is 0.783 bits per heavy atom. The highest BCUT2D eigenvalue weighted by molar-refractivity contribution is 7.97. The van der Waals surface area contributed by atoms with Crippen LogP contribution in [-0.4, -0.2) is 79.0 Å². The third-order valence-electron chi connectivity index (χ3n) is 11.4. The van der Waals surface area contributed by atoms with Gasteiger partial charge in [0, 0.05) is 70.9 Å². The molecule has 2 aromatic heterocycles. The van der Waals surface area contributed by atoms with Crippen LogP contribution in [0, 0.1) is 9.93 Å². The monoisotopic (exact) mass is 965 g/mol. The number of carbonyl (C=O) groups excluding carboxylic acids is 2. The molecule has 6 aromatic carbocycles. The van der Waals surface area contributed by atoms with Crippen LogP contribution in [-0.2, 0) is 31.6 Å². The van der Waals surface area contributed by atoms with Crippen molar-refractivity contribution in [2.24, 2.45) is 5.73 Å². The average Bonchev–Trinajstić information content (AvgIpc) is 4.05. The third kappa shape index (κ3) is 11.5. The van der Waals surface area contributed by atoms with Gasteiger partial charge in [0.15, 0.2) is 0 Å². The van der Waals surface area contributed by atoms with E-state index in [1.54, 1.807) is 42.6 Å². The summed E-state index contributed by atoms with van der Waals surface area (Å²) in [4.78, 5) is 45.9. The minimum Gasteiger partial charge on any atom is -0.468 e. The van der Waals surface area contributed by atoms with Crippen LogP contribution in [0.15, 0.2) is 186 Å². The van der Waals surface area contributed by atoms with Gasteiger partial charge >= 0.3 is 5.97 Å². The maximum Gasteiger partial charge on any atom is 0.325 e. The minimum absolute atomic E-state index is 0.0162. The molecule has 8 rings (SSSR count). The number of aryl methyl sites for hydroxylation is 1. The standard InChI is InChI=1S/C51H51N9O5S2.O2/c1-65-49(62)46(58-66-44-23-18-37(19-24-44)38-20-25-45(26-21-38)67(63,64)57-30-28-52)36-55-48(61)39-22-27-47-40(34-39)35-56-60(47)32-11-29-53-50-54-31-33-59(50)51(41-12-5-2-6-13-41,42-14-7-3-8-15-42)43-16-9-4-10-17-43;1-2/h2-10,12-27,31,33-35,46,57-58H,11,28-30,32,36,52H2,1H3,(H,53,54)(H,55,61);/t46-;/m0./s1. The van der Waals surface area contributed by atoms with E-state index in [2.05, 4.69) is 103 Å². The van der Waals surface area contributed by atoms with Crippen LogP contribution in [0.5, 0.6) is 0 Å². The summed E-state index contributed by atoms with van der Waals surface area (Å²) in [6, 6.07) is 50.2. The zero-order valence-electron chi connectivity index (χ0n) is 37.6. The molecule has 0 bridgehead atoms. The maximum absolute atomic E-state index is 13.4. The number of nitrogens with zero attached hydrogens (tertiary/aromatic N) is 4. The molecule has 16 nitrogen and oxygen atoms in total. The van der Waals surface area contributed by atoms with Crippen LogP contribution in [0.1, 0.15) is 33.5 Å². The number of imidazole rings is 1. The summed E-state index contributed by atoms with van der Waals surface area (Å²) in [6.45, 7) is 1.61. The highest BCUT2D eigenvalue weighted by Gasteiger charge is 2.39. The summed E-state index contributed by atoms with van der Waals surface area (Å²) < 4.78 is 39.6. The first-order valence-corrected chi connectivity index (χ1v) is 24.3. The molecule has 0 spiro atoms. The van der Waals surface area contributed by atoms with E-state index in [1.807, 2.05) is 65.6 Å². The van der Waals surface area contributed by atoms with E-state index < -0.39 is 27.6 Å². The number of nitrogens with two attached hydrogens (primary N) is 1. The fourth-order valence-corrected chi connectivity index (χ4v) is 9.84. The van der Waals surface area contributed by atoms with Gasteiger partial charge < -0.3 is 21.1 Å². The van der Waals surface area contributed by atoms with E-state index >= 15 is 0 Å². The van der Waals surface area contributed by atoms with Crippen LogP contribution in [0.3, 0.4) is 0 Å². The van der Waals surface area contributed by atoms with E-state index in [4.69, 9.17) is 25.4 Å². The SMILES string of the molecule is COC(=O)[C@H](CNC(=O)c1ccc2c(cnn2CCCNc2nccn2C(c2ccccc2)(c2ccccc2)c2ccccc2)c1)NSc1ccc(-c2ccc(S(=O)(=O)NCCN)cc2)cc1.O=O. The molecule has 0 fully saturated rings. The number of aromatic nitrogens is 4. The Hall–Kier alpha value is -7.48. The molecule has 2 heterocycles.